The van der Waals surface area contributed by atoms with Crippen LogP contribution in [0.2, 0.25) is 0 Å². The van der Waals surface area contributed by atoms with E-state index in [9.17, 15) is 18.0 Å². The summed E-state index contributed by atoms with van der Waals surface area (Å²) in [5.74, 6) is -0.159. The topological polar surface area (TPSA) is 83.6 Å². The Hall–Kier alpha value is -1.41. The molecule has 1 fully saturated rings. The summed E-state index contributed by atoms with van der Waals surface area (Å²) in [4.78, 5) is 25.8. The number of rotatable bonds is 5. The summed E-state index contributed by atoms with van der Waals surface area (Å²) in [7, 11) is -1.38. The predicted octanol–water partition coefficient (Wildman–Crippen LogP) is 0.513. The third kappa shape index (κ3) is 4.28. The average Bonchev–Trinajstić information content (AvgIpc) is 3.06. The van der Waals surface area contributed by atoms with Crippen molar-refractivity contribution in [1.82, 2.24) is 10.2 Å². The van der Waals surface area contributed by atoms with Crippen LogP contribution in [-0.2, 0) is 14.6 Å². The molecule has 2 rings (SSSR count). The first kappa shape index (κ1) is 16.0. The number of nitrogens with one attached hydrogen (secondary N) is 1. The van der Waals surface area contributed by atoms with Gasteiger partial charge in [0.15, 0.2) is 9.84 Å². The third-order valence-electron chi connectivity index (χ3n) is 3.52. The highest BCUT2D eigenvalue weighted by molar-refractivity contribution is 7.91. The molecule has 0 spiro atoms. The SMILES string of the molecule is CN(C(=O)CCNC(=O)c1cccs1)C1CCS(=O)(=O)C1. The standard InChI is InChI=1S/C13H18N2O4S2/c1-15(10-5-8-21(18,19)9-10)12(16)4-6-14-13(17)11-3-2-7-20-11/h2-3,7,10H,4-6,8-9H2,1H3,(H,14,17). The molecule has 1 aliphatic heterocycles. The molecule has 0 saturated carbocycles. The number of amides is 2. The van der Waals surface area contributed by atoms with Gasteiger partial charge in [0.1, 0.15) is 0 Å². The molecular formula is C13H18N2O4S2. The number of thiophene rings is 1. The van der Waals surface area contributed by atoms with Crippen molar-refractivity contribution in [1.29, 1.82) is 0 Å². The van der Waals surface area contributed by atoms with Crippen molar-refractivity contribution in [3.8, 4) is 0 Å². The molecule has 2 amide bonds. The molecule has 1 aromatic heterocycles. The maximum absolute atomic E-state index is 12.0. The van der Waals surface area contributed by atoms with Gasteiger partial charge in [-0.3, -0.25) is 9.59 Å². The summed E-state index contributed by atoms with van der Waals surface area (Å²) in [6.07, 6.45) is 0.663. The molecule has 1 atom stereocenters. The zero-order chi connectivity index (χ0) is 15.5. The van der Waals surface area contributed by atoms with Gasteiger partial charge in [0.2, 0.25) is 5.91 Å². The molecular weight excluding hydrogens is 312 g/mol. The minimum Gasteiger partial charge on any atom is -0.351 e. The van der Waals surface area contributed by atoms with Crippen LogP contribution in [0.3, 0.4) is 0 Å². The van der Waals surface area contributed by atoms with Crippen molar-refractivity contribution >= 4 is 33.0 Å². The molecule has 0 aliphatic carbocycles. The van der Waals surface area contributed by atoms with Gasteiger partial charge in [-0.1, -0.05) is 6.07 Å². The van der Waals surface area contributed by atoms with Crippen LogP contribution < -0.4 is 5.32 Å². The van der Waals surface area contributed by atoms with E-state index in [1.165, 1.54) is 16.2 Å². The lowest BCUT2D eigenvalue weighted by molar-refractivity contribution is -0.131. The Morgan fingerprint density at radius 1 is 1.48 bits per heavy atom. The van der Waals surface area contributed by atoms with Gasteiger partial charge in [0.25, 0.3) is 5.91 Å². The van der Waals surface area contributed by atoms with Crippen LogP contribution in [0.1, 0.15) is 22.5 Å². The molecule has 1 unspecified atom stereocenters. The lowest BCUT2D eigenvalue weighted by Crippen LogP contribution is -2.39. The zero-order valence-corrected chi connectivity index (χ0v) is 13.4. The monoisotopic (exact) mass is 330 g/mol. The summed E-state index contributed by atoms with van der Waals surface area (Å²) in [6.45, 7) is 0.249. The van der Waals surface area contributed by atoms with Crippen LogP contribution in [0.5, 0.6) is 0 Å². The normalized spacial score (nSPS) is 20.1. The number of hydrogen-bond donors (Lipinski definition) is 1. The van der Waals surface area contributed by atoms with Gasteiger partial charge >= 0.3 is 0 Å². The Bertz CT molecular complexity index is 610. The molecule has 1 saturated heterocycles. The lowest BCUT2D eigenvalue weighted by Gasteiger charge is -2.23. The smallest absolute Gasteiger partial charge is 0.261 e. The van der Waals surface area contributed by atoms with Crippen molar-refractivity contribution in [3.05, 3.63) is 22.4 Å². The highest BCUT2D eigenvalue weighted by Crippen LogP contribution is 2.17. The molecule has 0 bridgehead atoms. The van der Waals surface area contributed by atoms with Crippen LogP contribution in [0.25, 0.3) is 0 Å². The molecule has 1 aliphatic rings. The molecule has 0 radical (unpaired) electrons. The average molecular weight is 330 g/mol. The highest BCUT2D eigenvalue weighted by Gasteiger charge is 2.32. The van der Waals surface area contributed by atoms with E-state index >= 15 is 0 Å². The highest BCUT2D eigenvalue weighted by atomic mass is 32.2. The molecule has 6 nitrogen and oxygen atoms in total. The minimum absolute atomic E-state index is 0.0385. The van der Waals surface area contributed by atoms with E-state index in [1.807, 2.05) is 5.38 Å². The summed E-state index contributed by atoms with van der Waals surface area (Å²) >= 11 is 1.34. The second-order valence-electron chi connectivity index (χ2n) is 5.04. The third-order valence-corrected chi connectivity index (χ3v) is 6.14. The maximum Gasteiger partial charge on any atom is 0.261 e. The van der Waals surface area contributed by atoms with Crippen LogP contribution in [0.4, 0.5) is 0 Å². The summed E-state index contributed by atoms with van der Waals surface area (Å²) in [6, 6.07) is 3.27. The quantitative estimate of drug-likeness (QED) is 0.853. The number of sulfone groups is 1. The molecule has 21 heavy (non-hydrogen) atoms. The van der Waals surface area contributed by atoms with Crippen LogP contribution >= 0.6 is 11.3 Å². The molecule has 1 N–H and O–H groups in total. The molecule has 2 heterocycles. The van der Waals surface area contributed by atoms with E-state index in [0.717, 1.165) is 0 Å². The lowest BCUT2D eigenvalue weighted by atomic mass is 10.2. The van der Waals surface area contributed by atoms with E-state index in [2.05, 4.69) is 5.32 Å². The molecule has 0 aromatic carbocycles. The Labute approximate surface area is 128 Å². The van der Waals surface area contributed by atoms with Gasteiger partial charge in [-0.2, -0.15) is 0 Å². The summed E-state index contributed by atoms with van der Waals surface area (Å²) in [5.41, 5.74) is 0. The fourth-order valence-electron chi connectivity index (χ4n) is 2.24. The fourth-order valence-corrected chi connectivity index (χ4v) is 4.65. The Kier molecular flexibility index (Phi) is 5.00. The van der Waals surface area contributed by atoms with Crippen LogP contribution in [0, 0.1) is 0 Å². The van der Waals surface area contributed by atoms with E-state index in [0.29, 0.717) is 11.3 Å². The van der Waals surface area contributed by atoms with E-state index in [-0.39, 0.29) is 42.3 Å². The van der Waals surface area contributed by atoms with Gasteiger partial charge in [-0.15, -0.1) is 11.3 Å². The van der Waals surface area contributed by atoms with E-state index in [4.69, 9.17) is 0 Å². The van der Waals surface area contributed by atoms with Gasteiger partial charge < -0.3 is 10.2 Å². The van der Waals surface area contributed by atoms with Crippen molar-refractivity contribution < 1.29 is 18.0 Å². The Balaban J connectivity index is 1.76. The summed E-state index contributed by atoms with van der Waals surface area (Å²) in [5, 5.41) is 4.50. The number of carbonyl (C=O) groups is 2. The van der Waals surface area contributed by atoms with Crippen molar-refractivity contribution in [2.45, 2.75) is 18.9 Å². The Morgan fingerprint density at radius 3 is 2.81 bits per heavy atom. The number of hydrogen-bond acceptors (Lipinski definition) is 5. The van der Waals surface area contributed by atoms with Gasteiger partial charge in [0.05, 0.1) is 16.4 Å². The Morgan fingerprint density at radius 2 is 2.24 bits per heavy atom. The largest absolute Gasteiger partial charge is 0.351 e. The molecule has 8 heteroatoms. The van der Waals surface area contributed by atoms with Crippen molar-refractivity contribution in [2.24, 2.45) is 0 Å². The van der Waals surface area contributed by atoms with Crippen molar-refractivity contribution in [3.63, 3.8) is 0 Å². The molecule has 1 aromatic rings. The predicted molar refractivity (Wildman–Crippen MR) is 81.1 cm³/mol. The fraction of sp³-hybridized carbons (Fsp3) is 0.538. The number of carbonyl (C=O) groups excluding carboxylic acids is 2. The minimum atomic E-state index is -3.00. The van der Waals surface area contributed by atoms with E-state index < -0.39 is 9.84 Å². The van der Waals surface area contributed by atoms with Crippen LogP contribution in [0.15, 0.2) is 17.5 Å². The second-order valence-corrected chi connectivity index (χ2v) is 8.22. The maximum atomic E-state index is 12.0. The molecule has 116 valence electrons. The summed E-state index contributed by atoms with van der Waals surface area (Å²) < 4.78 is 22.8. The number of nitrogens with zero attached hydrogens (tertiary/aromatic N) is 1. The van der Waals surface area contributed by atoms with Gasteiger partial charge in [-0.25, -0.2) is 8.42 Å². The first-order valence-electron chi connectivity index (χ1n) is 6.67. The first-order valence-corrected chi connectivity index (χ1v) is 9.37. The van der Waals surface area contributed by atoms with Crippen molar-refractivity contribution in [2.75, 3.05) is 25.1 Å². The van der Waals surface area contributed by atoms with Gasteiger partial charge in [-0.05, 0) is 17.9 Å². The van der Waals surface area contributed by atoms with Gasteiger partial charge in [0, 0.05) is 26.1 Å². The van der Waals surface area contributed by atoms with E-state index in [1.54, 1.807) is 19.2 Å². The zero-order valence-electron chi connectivity index (χ0n) is 11.7. The van der Waals surface area contributed by atoms with Crippen LogP contribution in [-0.4, -0.2) is 56.3 Å². The second kappa shape index (κ2) is 6.57. The first-order chi connectivity index (χ1) is 9.89.